The highest BCUT2D eigenvalue weighted by atomic mass is 32.2. The molecule has 1 aliphatic heterocycles. The molecule has 0 bridgehead atoms. The Kier molecular flexibility index (Phi) is 4.48. The quantitative estimate of drug-likeness (QED) is 0.862. The zero-order valence-corrected chi connectivity index (χ0v) is 14.3. The van der Waals surface area contributed by atoms with E-state index in [-0.39, 0.29) is 22.4 Å². The number of rotatable bonds is 4. The summed E-state index contributed by atoms with van der Waals surface area (Å²) in [6.07, 6.45) is 1.62. The van der Waals surface area contributed by atoms with Crippen molar-refractivity contribution in [3.63, 3.8) is 0 Å². The van der Waals surface area contributed by atoms with Crippen molar-refractivity contribution >= 4 is 32.4 Å². The smallest absolute Gasteiger partial charge is 0.249 e. The molecule has 1 saturated heterocycles. The lowest BCUT2D eigenvalue weighted by Gasteiger charge is -2.36. The number of anilines is 2. The number of nitrogens with two attached hydrogens (primary N) is 1. The molecule has 2 heterocycles. The average Bonchev–Trinajstić information content (AvgIpc) is 2.69. The number of nitrogens with zero attached hydrogens (tertiary/aromatic N) is 2. The van der Waals surface area contributed by atoms with E-state index in [1.807, 2.05) is 13.8 Å². The summed E-state index contributed by atoms with van der Waals surface area (Å²) in [5.41, 5.74) is 5.54. The summed E-state index contributed by atoms with van der Waals surface area (Å²) in [6, 6.07) is 0.143. The molecule has 7 nitrogen and oxygen atoms in total. The molecule has 1 aromatic rings. The zero-order valence-electron chi connectivity index (χ0n) is 12.7. The van der Waals surface area contributed by atoms with Crippen molar-refractivity contribution in [1.29, 1.82) is 0 Å². The summed E-state index contributed by atoms with van der Waals surface area (Å²) in [4.78, 5) is 0.0711. The molecule has 9 heteroatoms. The molecular formula is C12H22N4O3S2. The van der Waals surface area contributed by atoms with Gasteiger partial charge in [-0.2, -0.15) is 4.37 Å². The van der Waals surface area contributed by atoms with Gasteiger partial charge in [0, 0.05) is 26.7 Å². The number of nitrogen functional groups attached to an aromatic ring is 1. The van der Waals surface area contributed by atoms with Crippen molar-refractivity contribution in [2.24, 2.45) is 0 Å². The lowest BCUT2D eigenvalue weighted by molar-refractivity contribution is -0.0553. The second-order valence-electron chi connectivity index (χ2n) is 5.96. The average molecular weight is 334 g/mol. The Morgan fingerprint density at radius 2 is 2.14 bits per heavy atom. The van der Waals surface area contributed by atoms with Crippen LogP contribution in [-0.2, 0) is 14.8 Å². The Balaban J connectivity index is 2.26. The molecule has 2 rings (SSSR count). The van der Waals surface area contributed by atoms with Gasteiger partial charge in [0.2, 0.25) is 10.0 Å². The molecule has 0 aliphatic carbocycles. The number of ether oxygens (including phenoxy) is 1. The van der Waals surface area contributed by atoms with E-state index in [2.05, 4.69) is 9.69 Å². The van der Waals surface area contributed by atoms with Crippen LogP contribution >= 0.6 is 11.5 Å². The summed E-state index contributed by atoms with van der Waals surface area (Å²) < 4.78 is 35.5. The number of hydrogen-bond donors (Lipinski definition) is 2. The number of hydrogen-bond acceptors (Lipinski definition) is 7. The maximum absolute atomic E-state index is 12.4. The van der Waals surface area contributed by atoms with Gasteiger partial charge >= 0.3 is 0 Å². The largest absolute Gasteiger partial charge is 0.382 e. The van der Waals surface area contributed by atoms with E-state index < -0.39 is 10.0 Å². The minimum atomic E-state index is -3.61. The van der Waals surface area contributed by atoms with E-state index in [0.29, 0.717) is 11.6 Å². The Labute approximate surface area is 129 Å². The minimum absolute atomic E-state index is 0.0440. The first-order valence-electron chi connectivity index (χ1n) is 6.71. The lowest BCUT2D eigenvalue weighted by atomic mass is 9.94. The molecule has 1 unspecified atom stereocenters. The summed E-state index contributed by atoms with van der Waals surface area (Å²) in [5, 5.41) is 3.78. The van der Waals surface area contributed by atoms with Gasteiger partial charge in [-0.3, -0.25) is 0 Å². The molecule has 0 spiro atoms. The number of sulfonamides is 1. The Morgan fingerprint density at radius 1 is 1.48 bits per heavy atom. The zero-order chi connectivity index (χ0) is 15.8. The van der Waals surface area contributed by atoms with Gasteiger partial charge in [0.15, 0.2) is 10.7 Å². The van der Waals surface area contributed by atoms with E-state index in [9.17, 15) is 8.42 Å². The van der Waals surface area contributed by atoms with Crippen LogP contribution in [0.25, 0.3) is 0 Å². The summed E-state index contributed by atoms with van der Waals surface area (Å²) in [6.45, 7) is 4.70. The van der Waals surface area contributed by atoms with Crippen LogP contribution in [0.3, 0.4) is 0 Å². The van der Waals surface area contributed by atoms with Gasteiger partial charge in [-0.1, -0.05) is 0 Å². The fourth-order valence-corrected chi connectivity index (χ4v) is 4.50. The van der Waals surface area contributed by atoms with Gasteiger partial charge in [-0.05, 0) is 38.2 Å². The summed E-state index contributed by atoms with van der Waals surface area (Å²) >= 11 is 1.08. The molecule has 0 aromatic carbocycles. The molecule has 1 aliphatic rings. The number of nitrogens with one attached hydrogen (secondary N) is 1. The van der Waals surface area contributed by atoms with Crippen LogP contribution in [0, 0.1) is 0 Å². The third-order valence-electron chi connectivity index (χ3n) is 3.45. The molecule has 0 radical (unpaired) electrons. The van der Waals surface area contributed by atoms with Gasteiger partial charge in [0.05, 0.1) is 5.60 Å². The topological polar surface area (TPSA) is 97.6 Å². The SMILES string of the molecule is CN(C)S(=O)(=O)c1c(N)nsc1NC1CCOC(C)(C)C1. The molecule has 3 N–H and O–H groups in total. The molecule has 21 heavy (non-hydrogen) atoms. The van der Waals surface area contributed by atoms with E-state index in [1.54, 1.807) is 0 Å². The van der Waals surface area contributed by atoms with Crippen molar-refractivity contribution in [3.05, 3.63) is 0 Å². The highest BCUT2D eigenvalue weighted by Crippen LogP contribution is 2.35. The second kappa shape index (κ2) is 5.71. The maximum Gasteiger partial charge on any atom is 0.249 e. The van der Waals surface area contributed by atoms with Crippen LogP contribution in [0.5, 0.6) is 0 Å². The normalized spacial score (nSPS) is 22.4. The Hall–Kier alpha value is -0.900. The van der Waals surface area contributed by atoms with Crippen molar-refractivity contribution in [3.8, 4) is 0 Å². The van der Waals surface area contributed by atoms with E-state index in [1.165, 1.54) is 14.1 Å². The standard InChI is InChI=1S/C12H22N4O3S2/c1-12(2)7-8(5-6-19-12)14-11-9(10(13)15-20-11)21(17,18)16(3)4/h8,14H,5-7H2,1-4H3,(H2,13,15). The predicted octanol–water partition coefficient (Wildman–Crippen LogP) is 1.35. The van der Waals surface area contributed by atoms with Gasteiger partial charge in [-0.25, -0.2) is 12.7 Å². The molecule has 1 atom stereocenters. The van der Waals surface area contributed by atoms with Crippen LogP contribution in [0.4, 0.5) is 10.8 Å². The fourth-order valence-electron chi connectivity index (χ4n) is 2.36. The third kappa shape index (κ3) is 3.47. The van der Waals surface area contributed by atoms with Crippen LogP contribution in [0.2, 0.25) is 0 Å². The second-order valence-corrected chi connectivity index (χ2v) is 8.82. The molecule has 1 fully saturated rings. The predicted molar refractivity (Wildman–Crippen MR) is 84.1 cm³/mol. The monoisotopic (exact) mass is 334 g/mol. The molecule has 120 valence electrons. The molecule has 0 saturated carbocycles. The van der Waals surface area contributed by atoms with Crippen LogP contribution in [-0.4, -0.2) is 49.4 Å². The lowest BCUT2D eigenvalue weighted by Crippen LogP contribution is -2.40. The van der Waals surface area contributed by atoms with Crippen LogP contribution < -0.4 is 11.1 Å². The maximum atomic E-state index is 12.4. The summed E-state index contributed by atoms with van der Waals surface area (Å²) in [7, 11) is -0.652. The Morgan fingerprint density at radius 3 is 2.71 bits per heavy atom. The van der Waals surface area contributed by atoms with Crippen molar-refractivity contribution in [2.45, 2.75) is 43.2 Å². The Bertz CT molecular complexity index is 610. The van der Waals surface area contributed by atoms with Gasteiger partial charge in [-0.15, -0.1) is 0 Å². The molecule has 0 amide bonds. The van der Waals surface area contributed by atoms with Gasteiger partial charge in [0.1, 0.15) is 5.00 Å². The van der Waals surface area contributed by atoms with Gasteiger partial charge < -0.3 is 15.8 Å². The summed E-state index contributed by atoms with van der Waals surface area (Å²) in [5.74, 6) is 0.0440. The van der Waals surface area contributed by atoms with Crippen LogP contribution in [0.15, 0.2) is 4.90 Å². The van der Waals surface area contributed by atoms with E-state index >= 15 is 0 Å². The van der Waals surface area contributed by atoms with Crippen molar-refractivity contribution < 1.29 is 13.2 Å². The molecular weight excluding hydrogens is 312 g/mol. The van der Waals surface area contributed by atoms with Crippen molar-refractivity contribution in [1.82, 2.24) is 8.68 Å². The minimum Gasteiger partial charge on any atom is -0.382 e. The highest BCUT2D eigenvalue weighted by Gasteiger charge is 2.32. The highest BCUT2D eigenvalue weighted by molar-refractivity contribution is 7.89. The van der Waals surface area contributed by atoms with Crippen LogP contribution in [0.1, 0.15) is 26.7 Å². The van der Waals surface area contributed by atoms with E-state index in [0.717, 1.165) is 28.7 Å². The van der Waals surface area contributed by atoms with Crippen molar-refractivity contribution in [2.75, 3.05) is 31.8 Å². The number of aromatic nitrogens is 1. The first-order chi connectivity index (χ1) is 9.63. The molecule has 1 aromatic heterocycles. The first kappa shape index (κ1) is 16.5. The first-order valence-corrected chi connectivity index (χ1v) is 8.93. The third-order valence-corrected chi connectivity index (χ3v) is 6.26. The van der Waals surface area contributed by atoms with Gasteiger partial charge in [0.25, 0.3) is 0 Å². The van der Waals surface area contributed by atoms with E-state index in [4.69, 9.17) is 10.5 Å². The fraction of sp³-hybridized carbons (Fsp3) is 0.750.